The molecule has 0 unspecified atom stereocenters. The van der Waals surface area contributed by atoms with Crippen LogP contribution in [-0.2, 0) is 0 Å². The monoisotopic (exact) mass is 290 g/mol. The van der Waals surface area contributed by atoms with Crippen LogP contribution in [0, 0.1) is 6.92 Å². The summed E-state index contributed by atoms with van der Waals surface area (Å²) in [6.07, 6.45) is 3.05. The van der Waals surface area contributed by atoms with E-state index in [-0.39, 0.29) is 31.9 Å². The zero-order valence-corrected chi connectivity index (χ0v) is 11.8. The van der Waals surface area contributed by atoms with Crippen molar-refractivity contribution in [1.82, 2.24) is 9.38 Å². The molecule has 0 radical (unpaired) electrons. The molecule has 0 aliphatic carbocycles. The van der Waals surface area contributed by atoms with Crippen molar-refractivity contribution in [1.29, 1.82) is 0 Å². The fourth-order valence-corrected chi connectivity index (χ4v) is 1.95. The molecule has 2 aromatic rings. The molecule has 2 rings (SSSR count). The maximum absolute atomic E-state index is 12.5. The van der Waals surface area contributed by atoms with Gasteiger partial charge in [-0.2, -0.15) is 0 Å². The van der Waals surface area contributed by atoms with Crippen molar-refractivity contribution in [2.24, 2.45) is 4.99 Å². The fraction of sp³-hybridized carbons (Fsp3) is 0.357. The molecule has 2 aromatic heterocycles. The minimum atomic E-state index is -0.245. The number of aryl methyl sites for hydroxylation is 1. The van der Waals surface area contributed by atoms with E-state index in [2.05, 4.69) is 15.3 Å². The second kappa shape index (κ2) is 6.96. The van der Waals surface area contributed by atoms with E-state index in [1.807, 2.05) is 13.0 Å². The van der Waals surface area contributed by atoms with Crippen LogP contribution in [0.4, 0.5) is 5.82 Å². The lowest BCUT2D eigenvalue weighted by atomic mass is 10.2. The predicted molar refractivity (Wildman–Crippen MR) is 81.3 cm³/mol. The van der Waals surface area contributed by atoms with Gasteiger partial charge in [-0.1, -0.05) is 6.07 Å². The standard InChI is InChI=1S/C14H18N4O3/c1-10-3-2-6-18-13(10)17-12(16-5-8-20)11(14(18)21)9-15-4-7-19/h2-3,6,9,16,19-20H,4-5,7-8H2,1H3. The van der Waals surface area contributed by atoms with Crippen LogP contribution in [0.1, 0.15) is 11.1 Å². The number of fused-ring (bicyclic) bond motifs is 1. The maximum Gasteiger partial charge on any atom is 0.268 e. The van der Waals surface area contributed by atoms with E-state index in [1.165, 1.54) is 10.6 Å². The van der Waals surface area contributed by atoms with Crippen molar-refractivity contribution in [2.45, 2.75) is 6.92 Å². The zero-order valence-electron chi connectivity index (χ0n) is 11.8. The number of hydrogen-bond acceptors (Lipinski definition) is 6. The van der Waals surface area contributed by atoms with Gasteiger partial charge in [-0.3, -0.25) is 14.2 Å². The summed E-state index contributed by atoms with van der Waals surface area (Å²) in [7, 11) is 0. The summed E-state index contributed by atoms with van der Waals surface area (Å²) in [6, 6.07) is 3.65. The molecule has 112 valence electrons. The van der Waals surface area contributed by atoms with E-state index >= 15 is 0 Å². The van der Waals surface area contributed by atoms with E-state index in [0.29, 0.717) is 17.0 Å². The second-order valence-corrected chi connectivity index (χ2v) is 4.47. The van der Waals surface area contributed by atoms with Gasteiger partial charge in [0, 0.05) is 19.0 Å². The lowest BCUT2D eigenvalue weighted by Gasteiger charge is -2.10. The van der Waals surface area contributed by atoms with Crippen molar-refractivity contribution in [3.63, 3.8) is 0 Å². The van der Waals surface area contributed by atoms with Crippen LogP contribution in [0.5, 0.6) is 0 Å². The van der Waals surface area contributed by atoms with Gasteiger partial charge < -0.3 is 15.5 Å². The van der Waals surface area contributed by atoms with Crippen LogP contribution in [0.2, 0.25) is 0 Å². The second-order valence-electron chi connectivity index (χ2n) is 4.47. The highest BCUT2D eigenvalue weighted by atomic mass is 16.3. The summed E-state index contributed by atoms with van der Waals surface area (Å²) in [5.74, 6) is 0.380. The van der Waals surface area contributed by atoms with Crippen molar-refractivity contribution < 1.29 is 10.2 Å². The highest BCUT2D eigenvalue weighted by Crippen LogP contribution is 2.11. The Kier molecular flexibility index (Phi) is 5.02. The molecule has 0 bridgehead atoms. The summed E-state index contributed by atoms with van der Waals surface area (Å²) in [5.41, 5.74) is 1.49. The van der Waals surface area contributed by atoms with Gasteiger partial charge in [0.15, 0.2) is 0 Å². The van der Waals surface area contributed by atoms with E-state index < -0.39 is 0 Å². The normalized spacial score (nSPS) is 11.4. The number of aromatic nitrogens is 2. The molecule has 0 aliphatic heterocycles. The Morgan fingerprint density at radius 2 is 2.24 bits per heavy atom. The Balaban J connectivity index is 2.62. The van der Waals surface area contributed by atoms with Gasteiger partial charge in [0.25, 0.3) is 5.56 Å². The van der Waals surface area contributed by atoms with Crippen LogP contribution < -0.4 is 10.9 Å². The van der Waals surface area contributed by atoms with Gasteiger partial charge in [0.05, 0.1) is 19.8 Å². The SMILES string of the molecule is Cc1cccn2c(=O)c(C=NCCO)c(NCCO)nc12. The number of aliphatic hydroxyl groups is 2. The Morgan fingerprint density at radius 1 is 1.43 bits per heavy atom. The Labute approximate surface area is 121 Å². The maximum atomic E-state index is 12.5. The average Bonchev–Trinajstić information content (AvgIpc) is 2.49. The minimum Gasteiger partial charge on any atom is -0.395 e. The molecule has 0 aliphatic rings. The molecule has 0 atom stereocenters. The van der Waals surface area contributed by atoms with Crippen LogP contribution in [0.25, 0.3) is 5.65 Å². The molecular weight excluding hydrogens is 272 g/mol. The average molecular weight is 290 g/mol. The molecule has 21 heavy (non-hydrogen) atoms. The van der Waals surface area contributed by atoms with Gasteiger partial charge in [-0.05, 0) is 18.6 Å². The molecule has 7 heteroatoms. The largest absolute Gasteiger partial charge is 0.395 e. The first-order chi connectivity index (χ1) is 10.2. The quantitative estimate of drug-likeness (QED) is 0.641. The Hall–Kier alpha value is -2.25. The van der Waals surface area contributed by atoms with Crippen molar-refractivity contribution >= 4 is 17.7 Å². The van der Waals surface area contributed by atoms with E-state index in [9.17, 15) is 4.79 Å². The molecule has 3 N–H and O–H groups in total. The number of pyridine rings is 1. The number of hydrogen-bond donors (Lipinski definition) is 3. The van der Waals surface area contributed by atoms with E-state index in [1.54, 1.807) is 12.3 Å². The fourth-order valence-electron chi connectivity index (χ4n) is 1.95. The summed E-state index contributed by atoms with van der Waals surface area (Å²) in [4.78, 5) is 21.0. The first-order valence-electron chi connectivity index (χ1n) is 6.66. The summed E-state index contributed by atoms with van der Waals surface area (Å²) < 4.78 is 1.46. The third kappa shape index (κ3) is 3.26. The Bertz CT molecular complexity index is 709. The summed E-state index contributed by atoms with van der Waals surface area (Å²) in [5, 5.41) is 20.6. The number of nitrogens with one attached hydrogen (secondary N) is 1. The van der Waals surface area contributed by atoms with Crippen LogP contribution in [0.15, 0.2) is 28.1 Å². The Morgan fingerprint density at radius 3 is 2.95 bits per heavy atom. The molecule has 0 aromatic carbocycles. The van der Waals surface area contributed by atoms with Crippen LogP contribution in [-0.4, -0.2) is 52.1 Å². The molecule has 0 amide bonds. The number of anilines is 1. The first kappa shape index (κ1) is 15.1. The van der Waals surface area contributed by atoms with Gasteiger partial charge >= 0.3 is 0 Å². The highest BCUT2D eigenvalue weighted by molar-refractivity contribution is 5.86. The number of aliphatic hydroxyl groups excluding tert-OH is 2. The van der Waals surface area contributed by atoms with E-state index in [4.69, 9.17) is 10.2 Å². The molecule has 2 heterocycles. The topological polar surface area (TPSA) is 99.2 Å². The lowest BCUT2D eigenvalue weighted by molar-refractivity contribution is 0.307. The molecular formula is C14H18N4O3. The smallest absolute Gasteiger partial charge is 0.268 e. The molecule has 0 spiro atoms. The highest BCUT2D eigenvalue weighted by Gasteiger charge is 2.11. The van der Waals surface area contributed by atoms with Gasteiger partial charge in [0.2, 0.25) is 0 Å². The number of aliphatic imine (C=N–C) groups is 1. The molecule has 0 saturated carbocycles. The first-order valence-corrected chi connectivity index (χ1v) is 6.66. The number of nitrogens with zero attached hydrogens (tertiary/aromatic N) is 3. The lowest BCUT2D eigenvalue weighted by Crippen LogP contribution is -2.23. The number of rotatable bonds is 6. The minimum absolute atomic E-state index is 0.0674. The van der Waals surface area contributed by atoms with Gasteiger partial charge in [-0.15, -0.1) is 0 Å². The van der Waals surface area contributed by atoms with Crippen molar-refractivity contribution in [3.8, 4) is 0 Å². The zero-order chi connectivity index (χ0) is 15.2. The summed E-state index contributed by atoms with van der Waals surface area (Å²) >= 11 is 0. The molecule has 0 fully saturated rings. The molecule has 7 nitrogen and oxygen atoms in total. The van der Waals surface area contributed by atoms with Gasteiger partial charge in [-0.25, -0.2) is 4.98 Å². The molecule has 0 saturated heterocycles. The summed E-state index contributed by atoms with van der Waals surface area (Å²) in [6.45, 7) is 2.22. The third-order valence-electron chi connectivity index (χ3n) is 2.94. The predicted octanol–water partition coefficient (Wildman–Crippen LogP) is -0.182. The third-order valence-corrected chi connectivity index (χ3v) is 2.94. The van der Waals surface area contributed by atoms with Crippen LogP contribution in [0.3, 0.4) is 0 Å². The van der Waals surface area contributed by atoms with Crippen molar-refractivity contribution in [3.05, 3.63) is 39.8 Å². The van der Waals surface area contributed by atoms with Gasteiger partial charge in [0.1, 0.15) is 17.0 Å². The van der Waals surface area contributed by atoms with Crippen molar-refractivity contribution in [2.75, 3.05) is 31.6 Å². The van der Waals surface area contributed by atoms with E-state index in [0.717, 1.165) is 5.56 Å². The van der Waals surface area contributed by atoms with Crippen LogP contribution >= 0.6 is 0 Å².